The number of hydrogen-bond acceptors (Lipinski definition) is 5. The quantitative estimate of drug-likeness (QED) is 0.245. The van der Waals surface area contributed by atoms with Gasteiger partial charge in [0.25, 0.3) is 0 Å². The maximum absolute atomic E-state index is 13.2. The van der Waals surface area contributed by atoms with Crippen LogP contribution in [0.4, 0.5) is 19.0 Å². The number of rotatable bonds is 8. The largest absolute Gasteiger partial charge is 0.475 e. The standard InChI is InChI=1S/C30H30F3N5O2/c1-16-14-21(20-8-9-20)10-13-23(16)28-37-26-24(38(28)15-18-6-11-22(12-7-18)30(31,32)33)25(35-27(36-26)29(39)40)34-17(2)19-4-3-5-19/h6-7,10-14,17,19-20H,3-5,8-9,15H2,1-2H3,(H,39,40)(H,34,35,36). The van der Waals surface area contributed by atoms with E-state index < -0.39 is 17.7 Å². The zero-order valence-corrected chi connectivity index (χ0v) is 22.3. The number of aromatic nitrogens is 4. The summed E-state index contributed by atoms with van der Waals surface area (Å²) in [4.78, 5) is 25.4. The maximum atomic E-state index is 13.2. The molecule has 0 bridgehead atoms. The van der Waals surface area contributed by atoms with Crippen LogP contribution in [0.2, 0.25) is 0 Å². The van der Waals surface area contributed by atoms with E-state index in [-0.39, 0.29) is 24.1 Å². The first-order chi connectivity index (χ1) is 19.1. The van der Waals surface area contributed by atoms with E-state index in [0.717, 1.165) is 42.5 Å². The SMILES string of the molecule is Cc1cc(C2CC2)ccc1-c1nc2nc(C(=O)O)nc(NC(C)C3CCC3)c2n1Cc1ccc(C(F)(F)F)cc1. The van der Waals surface area contributed by atoms with Crippen LogP contribution in [-0.4, -0.2) is 36.6 Å². The molecule has 4 aromatic rings. The fraction of sp³-hybridized carbons (Fsp3) is 0.400. The minimum Gasteiger partial charge on any atom is -0.475 e. The number of nitrogens with one attached hydrogen (secondary N) is 1. The van der Waals surface area contributed by atoms with Gasteiger partial charge in [-0.25, -0.2) is 19.7 Å². The van der Waals surface area contributed by atoms with Crippen molar-refractivity contribution in [1.29, 1.82) is 0 Å². The summed E-state index contributed by atoms with van der Waals surface area (Å²) in [7, 11) is 0. The number of nitrogens with zero attached hydrogens (tertiary/aromatic N) is 4. The fourth-order valence-electron chi connectivity index (χ4n) is 5.46. The van der Waals surface area contributed by atoms with Crippen molar-refractivity contribution in [2.24, 2.45) is 5.92 Å². The normalized spacial score (nSPS) is 16.6. The lowest BCUT2D eigenvalue weighted by Crippen LogP contribution is -2.31. The molecule has 1 unspecified atom stereocenters. The van der Waals surface area contributed by atoms with Gasteiger partial charge in [0.2, 0.25) is 5.82 Å². The third kappa shape index (κ3) is 5.02. The number of fused-ring (bicyclic) bond motifs is 1. The van der Waals surface area contributed by atoms with Crippen LogP contribution in [0.15, 0.2) is 42.5 Å². The molecule has 0 radical (unpaired) electrons. The Balaban J connectivity index is 1.51. The summed E-state index contributed by atoms with van der Waals surface area (Å²) in [5.74, 6) is 0.325. The van der Waals surface area contributed by atoms with E-state index in [1.54, 1.807) is 0 Å². The number of imidazole rings is 1. The molecule has 0 aliphatic heterocycles. The maximum Gasteiger partial charge on any atom is 0.416 e. The van der Waals surface area contributed by atoms with Gasteiger partial charge < -0.3 is 15.0 Å². The van der Waals surface area contributed by atoms with Gasteiger partial charge in [0.15, 0.2) is 11.5 Å². The Kier molecular flexibility index (Phi) is 6.51. The van der Waals surface area contributed by atoms with Gasteiger partial charge in [0.1, 0.15) is 11.3 Å². The lowest BCUT2D eigenvalue weighted by molar-refractivity contribution is -0.137. The van der Waals surface area contributed by atoms with E-state index in [4.69, 9.17) is 4.98 Å². The lowest BCUT2D eigenvalue weighted by Gasteiger charge is -2.32. The number of benzene rings is 2. The molecule has 2 aromatic heterocycles. The van der Waals surface area contributed by atoms with E-state index in [1.807, 2.05) is 17.6 Å². The number of carbonyl (C=O) groups is 1. The minimum absolute atomic E-state index is 0.0472. The Labute approximate surface area is 229 Å². The highest BCUT2D eigenvalue weighted by Gasteiger charge is 2.31. The van der Waals surface area contributed by atoms with Gasteiger partial charge in [0, 0.05) is 18.2 Å². The molecule has 1 atom stereocenters. The highest BCUT2D eigenvalue weighted by molar-refractivity contribution is 5.92. The van der Waals surface area contributed by atoms with Gasteiger partial charge in [-0.2, -0.15) is 13.2 Å². The molecule has 10 heteroatoms. The Morgan fingerprint density at radius 3 is 2.38 bits per heavy atom. The molecule has 40 heavy (non-hydrogen) atoms. The number of carboxylic acids is 1. The molecule has 2 aliphatic carbocycles. The third-order valence-corrected chi connectivity index (χ3v) is 8.18. The molecule has 0 spiro atoms. The molecular weight excluding hydrogens is 519 g/mol. The summed E-state index contributed by atoms with van der Waals surface area (Å²) >= 11 is 0. The van der Waals surface area contributed by atoms with E-state index in [1.165, 1.54) is 30.5 Å². The Morgan fingerprint density at radius 2 is 1.80 bits per heavy atom. The van der Waals surface area contributed by atoms with Crippen LogP contribution in [-0.2, 0) is 12.7 Å². The average molecular weight is 550 g/mol. The second-order valence-electron chi connectivity index (χ2n) is 11.1. The first-order valence-corrected chi connectivity index (χ1v) is 13.6. The molecule has 2 heterocycles. The van der Waals surface area contributed by atoms with E-state index in [9.17, 15) is 23.1 Å². The van der Waals surface area contributed by atoms with E-state index in [0.29, 0.717) is 34.6 Å². The molecule has 2 aliphatic rings. The lowest BCUT2D eigenvalue weighted by atomic mass is 9.80. The number of hydrogen-bond donors (Lipinski definition) is 2. The molecule has 2 saturated carbocycles. The van der Waals surface area contributed by atoms with Crippen LogP contribution in [0, 0.1) is 12.8 Å². The Morgan fingerprint density at radius 1 is 1.07 bits per heavy atom. The van der Waals surface area contributed by atoms with Gasteiger partial charge in [-0.3, -0.25) is 0 Å². The summed E-state index contributed by atoms with van der Waals surface area (Å²) in [6, 6.07) is 11.4. The van der Waals surface area contributed by atoms with Crippen molar-refractivity contribution in [3.63, 3.8) is 0 Å². The Bertz CT molecular complexity index is 1590. The predicted octanol–water partition coefficient (Wildman–Crippen LogP) is 7.04. The van der Waals surface area contributed by atoms with E-state index >= 15 is 0 Å². The monoisotopic (exact) mass is 549 g/mol. The first kappa shape index (κ1) is 26.3. The van der Waals surface area contributed by atoms with Gasteiger partial charge in [-0.15, -0.1) is 0 Å². The second kappa shape index (κ2) is 9.91. The smallest absolute Gasteiger partial charge is 0.416 e. The molecule has 208 valence electrons. The molecule has 2 fully saturated rings. The van der Waals surface area contributed by atoms with Crippen molar-refractivity contribution in [2.45, 2.75) is 70.6 Å². The minimum atomic E-state index is -4.43. The molecule has 0 saturated heterocycles. The average Bonchev–Trinajstić information content (AvgIpc) is 3.65. The highest BCUT2D eigenvalue weighted by atomic mass is 19.4. The van der Waals surface area contributed by atoms with Gasteiger partial charge >= 0.3 is 12.1 Å². The van der Waals surface area contributed by atoms with Crippen LogP contribution < -0.4 is 5.32 Å². The highest BCUT2D eigenvalue weighted by Crippen LogP contribution is 2.42. The molecule has 6 rings (SSSR count). The zero-order chi connectivity index (χ0) is 28.2. The molecule has 7 nitrogen and oxygen atoms in total. The van der Waals surface area contributed by atoms with Crippen molar-refractivity contribution in [1.82, 2.24) is 19.5 Å². The molecular formula is C30H30F3N5O2. The number of aromatic carboxylic acids is 1. The van der Waals surface area contributed by atoms with Crippen LogP contribution in [0.5, 0.6) is 0 Å². The third-order valence-electron chi connectivity index (χ3n) is 8.18. The molecule has 2 N–H and O–H groups in total. The van der Waals surface area contributed by atoms with Crippen molar-refractivity contribution < 1.29 is 23.1 Å². The zero-order valence-electron chi connectivity index (χ0n) is 22.3. The summed E-state index contributed by atoms with van der Waals surface area (Å²) in [5, 5.41) is 13.2. The van der Waals surface area contributed by atoms with Crippen LogP contribution >= 0.6 is 0 Å². The fourth-order valence-corrected chi connectivity index (χ4v) is 5.46. The predicted molar refractivity (Wildman–Crippen MR) is 145 cm³/mol. The van der Waals surface area contributed by atoms with Crippen molar-refractivity contribution in [3.05, 3.63) is 70.5 Å². The van der Waals surface area contributed by atoms with Gasteiger partial charge in [-0.1, -0.05) is 36.8 Å². The van der Waals surface area contributed by atoms with Gasteiger partial charge in [0.05, 0.1) is 5.56 Å². The van der Waals surface area contributed by atoms with E-state index in [2.05, 4.69) is 34.3 Å². The Hall–Kier alpha value is -3.95. The van der Waals surface area contributed by atoms with Crippen molar-refractivity contribution in [3.8, 4) is 11.4 Å². The number of alkyl halides is 3. The summed E-state index contributed by atoms with van der Waals surface area (Å²) in [6.45, 7) is 4.27. The van der Waals surface area contributed by atoms with Crippen LogP contribution in [0.25, 0.3) is 22.6 Å². The number of carboxylic acid groups (broad SMARTS) is 1. The topological polar surface area (TPSA) is 92.9 Å². The van der Waals surface area contributed by atoms with Crippen LogP contribution in [0.3, 0.4) is 0 Å². The number of anilines is 1. The van der Waals surface area contributed by atoms with Crippen LogP contribution in [0.1, 0.15) is 77.8 Å². The molecule has 2 aromatic carbocycles. The summed E-state index contributed by atoms with van der Waals surface area (Å²) < 4.78 is 41.5. The van der Waals surface area contributed by atoms with Gasteiger partial charge in [-0.05, 0) is 80.2 Å². The first-order valence-electron chi connectivity index (χ1n) is 13.6. The van der Waals surface area contributed by atoms with Crippen molar-refractivity contribution in [2.75, 3.05) is 5.32 Å². The second-order valence-corrected chi connectivity index (χ2v) is 11.1. The number of aryl methyl sites for hydroxylation is 1. The summed E-state index contributed by atoms with van der Waals surface area (Å²) in [6.07, 6.45) is 1.23. The van der Waals surface area contributed by atoms with Crippen molar-refractivity contribution >= 4 is 23.0 Å². The molecule has 0 amide bonds. The number of halogens is 3. The summed E-state index contributed by atoms with van der Waals surface area (Å²) in [5.41, 5.74) is 3.81.